The fourth-order valence-corrected chi connectivity index (χ4v) is 3.02. The lowest BCUT2D eigenvalue weighted by molar-refractivity contribution is -0.139. The van der Waals surface area contributed by atoms with Gasteiger partial charge < -0.3 is 24.7 Å². The summed E-state index contributed by atoms with van der Waals surface area (Å²) in [6.07, 6.45) is 2.29. The predicted octanol–water partition coefficient (Wildman–Crippen LogP) is 1.25. The molecule has 0 saturated heterocycles. The highest BCUT2D eigenvalue weighted by Gasteiger charge is 2.35. The number of fused-ring (bicyclic) bond motifs is 1. The van der Waals surface area contributed by atoms with E-state index in [4.69, 9.17) is 4.74 Å². The summed E-state index contributed by atoms with van der Waals surface area (Å²) in [7, 11) is 2.87. The molecule has 0 fully saturated rings. The monoisotopic (exact) mass is 344 g/mol. The van der Waals surface area contributed by atoms with Crippen LogP contribution in [-0.4, -0.2) is 54.2 Å². The van der Waals surface area contributed by atoms with Crippen molar-refractivity contribution in [3.05, 3.63) is 47.5 Å². The Morgan fingerprint density at radius 3 is 2.92 bits per heavy atom. The van der Waals surface area contributed by atoms with Gasteiger partial charge in [-0.3, -0.25) is 4.79 Å². The molecular formula is C17H20N4O4. The second-order valence-electron chi connectivity index (χ2n) is 5.59. The van der Waals surface area contributed by atoms with Crippen LogP contribution in [0, 0.1) is 0 Å². The van der Waals surface area contributed by atoms with E-state index in [1.807, 2.05) is 24.3 Å². The van der Waals surface area contributed by atoms with Gasteiger partial charge in [0.15, 0.2) is 0 Å². The molecule has 2 heterocycles. The second-order valence-corrected chi connectivity index (χ2v) is 5.59. The molecule has 1 aliphatic heterocycles. The minimum Gasteiger partial charge on any atom is -0.496 e. The van der Waals surface area contributed by atoms with Crippen LogP contribution in [0.1, 0.15) is 23.0 Å². The number of nitrogens with zero attached hydrogens (tertiary/aromatic N) is 2. The molecule has 0 bridgehead atoms. The second kappa shape index (κ2) is 7.25. The maximum atomic E-state index is 12.7. The normalized spacial score (nSPS) is 16.1. The first-order chi connectivity index (χ1) is 12.2. The summed E-state index contributed by atoms with van der Waals surface area (Å²) in [6.45, 7) is 0.308. The number of methoxy groups -OCH3 is 2. The molecule has 3 rings (SSSR count). The van der Waals surface area contributed by atoms with Gasteiger partial charge in [-0.1, -0.05) is 18.2 Å². The van der Waals surface area contributed by atoms with Gasteiger partial charge in [0, 0.05) is 24.2 Å². The average Bonchev–Trinajstić information content (AvgIpc) is 3.13. The molecule has 8 nitrogen and oxygen atoms in total. The minimum absolute atomic E-state index is 0.183. The topological polar surface area (TPSA) is 96.6 Å². The quantitative estimate of drug-likeness (QED) is 0.814. The third-order valence-electron chi connectivity index (χ3n) is 4.23. The highest BCUT2D eigenvalue weighted by molar-refractivity contribution is 5.81. The highest BCUT2D eigenvalue weighted by Crippen LogP contribution is 2.37. The SMILES string of the molecule is COC(=O)CNC(=O)N1CCc2[nH]cnc2C1c1ccccc1OC. The summed E-state index contributed by atoms with van der Waals surface area (Å²) in [5.74, 6) is 0.175. The Morgan fingerprint density at radius 1 is 1.36 bits per heavy atom. The summed E-state index contributed by atoms with van der Waals surface area (Å²) in [5, 5.41) is 2.60. The molecule has 0 spiro atoms. The Labute approximate surface area is 145 Å². The van der Waals surface area contributed by atoms with Gasteiger partial charge in [0.05, 0.1) is 26.2 Å². The Balaban J connectivity index is 1.94. The van der Waals surface area contributed by atoms with Crippen LogP contribution in [0.2, 0.25) is 0 Å². The summed E-state index contributed by atoms with van der Waals surface area (Å²) < 4.78 is 10.0. The highest BCUT2D eigenvalue weighted by atomic mass is 16.5. The molecule has 25 heavy (non-hydrogen) atoms. The van der Waals surface area contributed by atoms with Crippen molar-refractivity contribution in [2.24, 2.45) is 0 Å². The lowest BCUT2D eigenvalue weighted by Gasteiger charge is -2.35. The number of hydrogen-bond acceptors (Lipinski definition) is 5. The summed E-state index contributed by atoms with van der Waals surface area (Å²) in [4.78, 5) is 33.2. The first-order valence-electron chi connectivity index (χ1n) is 7.92. The van der Waals surface area contributed by atoms with Crippen LogP contribution in [0.25, 0.3) is 0 Å². The maximum Gasteiger partial charge on any atom is 0.325 e. The molecule has 2 N–H and O–H groups in total. The minimum atomic E-state index is -0.500. The van der Waals surface area contributed by atoms with Crippen LogP contribution < -0.4 is 10.1 Å². The van der Waals surface area contributed by atoms with Gasteiger partial charge in [-0.15, -0.1) is 0 Å². The predicted molar refractivity (Wildman–Crippen MR) is 89.2 cm³/mol. The van der Waals surface area contributed by atoms with Crippen molar-refractivity contribution in [2.75, 3.05) is 27.3 Å². The number of aromatic amines is 1. The largest absolute Gasteiger partial charge is 0.496 e. The van der Waals surface area contributed by atoms with E-state index < -0.39 is 12.0 Å². The first kappa shape index (κ1) is 16.8. The van der Waals surface area contributed by atoms with Crippen molar-refractivity contribution in [3.63, 3.8) is 0 Å². The van der Waals surface area contributed by atoms with Crippen molar-refractivity contribution >= 4 is 12.0 Å². The van der Waals surface area contributed by atoms with Gasteiger partial charge in [0.2, 0.25) is 0 Å². The molecule has 1 unspecified atom stereocenters. The van der Waals surface area contributed by atoms with Crippen LogP contribution in [-0.2, 0) is 16.0 Å². The van der Waals surface area contributed by atoms with Gasteiger partial charge in [0.25, 0.3) is 0 Å². The van der Waals surface area contributed by atoms with Gasteiger partial charge in [0.1, 0.15) is 18.3 Å². The number of benzene rings is 1. The number of aromatic nitrogens is 2. The summed E-state index contributed by atoms with van der Waals surface area (Å²) in [6, 6.07) is 6.77. The Morgan fingerprint density at radius 2 is 2.16 bits per heavy atom. The standard InChI is InChI=1S/C17H20N4O4/c1-24-13-6-4-3-5-11(13)16-15-12(19-10-20-15)7-8-21(16)17(23)18-9-14(22)25-2/h3-6,10,16H,7-9H2,1-2H3,(H,18,23)(H,19,20). The van der Waals surface area contributed by atoms with E-state index in [9.17, 15) is 9.59 Å². The van der Waals surface area contributed by atoms with Gasteiger partial charge in [-0.2, -0.15) is 0 Å². The lowest BCUT2D eigenvalue weighted by atomic mass is 9.95. The zero-order valence-electron chi connectivity index (χ0n) is 14.1. The number of ether oxygens (including phenoxy) is 2. The van der Waals surface area contributed by atoms with Crippen LogP contribution in [0.15, 0.2) is 30.6 Å². The number of esters is 1. The van der Waals surface area contributed by atoms with E-state index in [0.717, 1.165) is 17.0 Å². The third-order valence-corrected chi connectivity index (χ3v) is 4.23. The number of urea groups is 1. The van der Waals surface area contributed by atoms with E-state index in [-0.39, 0.29) is 12.6 Å². The molecule has 132 valence electrons. The van der Waals surface area contributed by atoms with Crippen molar-refractivity contribution in [3.8, 4) is 5.75 Å². The first-order valence-corrected chi connectivity index (χ1v) is 7.92. The summed E-state index contributed by atoms with van der Waals surface area (Å²) in [5.41, 5.74) is 2.61. The molecule has 0 radical (unpaired) electrons. The van der Waals surface area contributed by atoms with E-state index in [0.29, 0.717) is 18.7 Å². The van der Waals surface area contributed by atoms with Crippen LogP contribution in [0.3, 0.4) is 0 Å². The zero-order chi connectivity index (χ0) is 17.8. The lowest BCUT2D eigenvalue weighted by Crippen LogP contribution is -2.47. The van der Waals surface area contributed by atoms with Crippen LogP contribution >= 0.6 is 0 Å². The number of amides is 2. The van der Waals surface area contributed by atoms with Crippen molar-refractivity contribution in [2.45, 2.75) is 12.5 Å². The smallest absolute Gasteiger partial charge is 0.325 e. The van der Waals surface area contributed by atoms with E-state index >= 15 is 0 Å². The van der Waals surface area contributed by atoms with Gasteiger partial charge >= 0.3 is 12.0 Å². The number of nitrogens with one attached hydrogen (secondary N) is 2. The number of rotatable bonds is 4. The molecule has 2 aromatic rings. The number of H-pyrrole nitrogens is 1. The molecule has 1 aliphatic rings. The number of carbonyl (C=O) groups is 2. The van der Waals surface area contributed by atoms with Gasteiger partial charge in [-0.05, 0) is 6.07 Å². The molecule has 2 amide bonds. The molecule has 1 aromatic carbocycles. The molecule has 0 saturated carbocycles. The Hall–Kier alpha value is -3.03. The molecular weight excluding hydrogens is 324 g/mol. The van der Waals surface area contributed by atoms with Crippen molar-refractivity contribution < 1.29 is 19.1 Å². The Kier molecular flexibility index (Phi) is 4.87. The fraction of sp³-hybridized carbons (Fsp3) is 0.353. The average molecular weight is 344 g/mol. The number of para-hydroxylation sites is 1. The molecule has 8 heteroatoms. The number of hydrogen-bond donors (Lipinski definition) is 2. The summed E-state index contributed by atoms with van der Waals surface area (Å²) >= 11 is 0. The van der Waals surface area contributed by atoms with E-state index in [1.54, 1.807) is 18.3 Å². The van der Waals surface area contributed by atoms with Crippen LogP contribution in [0.4, 0.5) is 4.79 Å². The van der Waals surface area contributed by atoms with E-state index in [1.165, 1.54) is 7.11 Å². The molecule has 0 aliphatic carbocycles. The molecule has 1 atom stereocenters. The molecule has 1 aromatic heterocycles. The van der Waals surface area contributed by atoms with E-state index in [2.05, 4.69) is 20.0 Å². The maximum absolute atomic E-state index is 12.7. The van der Waals surface area contributed by atoms with Crippen molar-refractivity contribution in [1.82, 2.24) is 20.2 Å². The number of imidazole rings is 1. The third kappa shape index (κ3) is 3.28. The number of carbonyl (C=O) groups excluding carboxylic acids is 2. The Bertz CT molecular complexity index is 774. The fourth-order valence-electron chi connectivity index (χ4n) is 3.02. The zero-order valence-corrected chi connectivity index (χ0v) is 14.1. The van der Waals surface area contributed by atoms with Gasteiger partial charge in [-0.25, -0.2) is 9.78 Å². The van der Waals surface area contributed by atoms with Crippen molar-refractivity contribution in [1.29, 1.82) is 0 Å². The van der Waals surface area contributed by atoms with Crippen LogP contribution in [0.5, 0.6) is 5.75 Å².